The Balaban J connectivity index is 1.65. The van der Waals surface area contributed by atoms with Crippen molar-refractivity contribution in [2.75, 3.05) is 11.9 Å². The summed E-state index contributed by atoms with van der Waals surface area (Å²) in [5, 5.41) is 7.93. The van der Waals surface area contributed by atoms with Crippen molar-refractivity contribution in [3.63, 3.8) is 0 Å². The van der Waals surface area contributed by atoms with E-state index in [9.17, 15) is 0 Å². The van der Waals surface area contributed by atoms with Gasteiger partial charge in [-0.05, 0) is 42.0 Å². The molecule has 1 aromatic heterocycles. The fourth-order valence-corrected chi connectivity index (χ4v) is 3.42. The first-order valence-corrected chi connectivity index (χ1v) is 8.56. The maximum Gasteiger partial charge on any atom is 0.171 e. The Bertz CT molecular complexity index is 789. The highest BCUT2D eigenvalue weighted by Gasteiger charge is 2.04. The number of hydrogen-bond acceptors (Lipinski definition) is 3. The zero-order valence-electron chi connectivity index (χ0n) is 12.6. The molecular formula is C18H17N3S2. The molecule has 2 aromatic carbocycles. The molecule has 0 radical (unpaired) electrons. The summed E-state index contributed by atoms with van der Waals surface area (Å²) in [5.41, 5.74) is 3.28. The summed E-state index contributed by atoms with van der Waals surface area (Å²) in [5.74, 6) is 0. The molecule has 2 N–H and O–H groups in total. The normalized spacial score (nSPS) is 10.4. The highest BCUT2D eigenvalue weighted by molar-refractivity contribution is 7.80. The maximum absolute atomic E-state index is 5.20. The molecule has 3 aromatic rings. The van der Waals surface area contributed by atoms with Crippen LogP contribution in [0.1, 0.15) is 10.6 Å². The molecule has 23 heavy (non-hydrogen) atoms. The van der Waals surface area contributed by atoms with Crippen molar-refractivity contribution in [3.8, 4) is 0 Å². The minimum atomic E-state index is 0.601. The van der Waals surface area contributed by atoms with Gasteiger partial charge in [0.1, 0.15) is 0 Å². The van der Waals surface area contributed by atoms with Crippen LogP contribution in [0.2, 0.25) is 0 Å². The number of hydrogen-bond donors (Lipinski definition) is 2. The number of nitrogens with zero attached hydrogens (tertiary/aromatic N) is 1. The maximum atomic E-state index is 5.20. The van der Waals surface area contributed by atoms with Crippen LogP contribution in [0.5, 0.6) is 0 Å². The predicted molar refractivity (Wildman–Crippen MR) is 103 cm³/mol. The second-order valence-electron chi connectivity index (χ2n) is 5.07. The van der Waals surface area contributed by atoms with Gasteiger partial charge in [-0.15, -0.1) is 17.9 Å². The molecule has 0 saturated carbocycles. The average Bonchev–Trinajstić information content (AvgIpc) is 2.97. The summed E-state index contributed by atoms with van der Waals surface area (Å²) < 4.78 is 1.24. The number of anilines is 1. The lowest BCUT2D eigenvalue weighted by atomic mass is 10.1. The highest BCUT2D eigenvalue weighted by Crippen LogP contribution is 2.24. The first-order valence-electron chi connectivity index (χ1n) is 7.34. The molecule has 0 saturated heterocycles. The molecule has 0 atom stereocenters. The Hall–Kier alpha value is -2.24. The number of rotatable bonds is 5. The summed E-state index contributed by atoms with van der Waals surface area (Å²) in [4.78, 5) is 4.68. The number of benzene rings is 2. The Kier molecular flexibility index (Phi) is 5.00. The predicted octanol–water partition coefficient (Wildman–Crippen LogP) is 4.36. The smallest absolute Gasteiger partial charge is 0.171 e. The van der Waals surface area contributed by atoms with Crippen molar-refractivity contribution < 1.29 is 0 Å². The van der Waals surface area contributed by atoms with Gasteiger partial charge in [-0.1, -0.05) is 30.3 Å². The van der Waals surface area contributed by atoms with Crippen LogP contribution in [-0.2, 0) is 6.42 Å². The largest absolute Gasteiger partial charge is 0.359 e. The third kappa shape index (κ3) is 4.15. The standard InChI is InChI=1S/C18H17N3S2/c1-2-11-19-18(22)20-14-9-7-13(8-10-14)12-17-21-15-5-3-4-6-16(15)23-17/h2-10H,1,11-12H2,(H2,19,20,22). The number of fused-ring (bicyclic) bond motifs is 1. The second kappa shape index (κ2) is 7.35. The van der Waals surface area contributed by atoms with E-state index in [-0.39, 0.29) is 0 Å². The average molecular weight is 339 g/mol. The van der Waals surface area contributed by atoms with Crippen molar-refractivity contribution >= 4 is 44.6 Å². The van der Waals surface area contributed by atoms with E-state index in [1.54, 1.807) is 17.4 Å². The molecule has 3 nitrogen and oxygen atoms in total. The van der Waals surface area contributed by atoms with Gasteiger partial charge in [-0.2, -0.15) is 0 Å². The second-order valence-corrected chi connectivity index (χ2v) is 6.60. The van der Waals surface area contributed by atoms with Crippen LogP contribution in [0.4, 0.5) is 5.69 Å². The van der Waals surface area contributed by atoms with E-state index >= 15 is 0 Å². The van der Waals surface area contributed by atoms with E-state index in [0.29, 0.717) is 11.7 Å². The summed E-state index contributed by atoms with van der Waals surface area (Å²) in [6.45, 7) is 4.31. The summed E-state index contributed by atoms with van der Waals surface area (Å²) in [7, 11) is 0. The third-order valence-corrected chi connectivity index (χ3v) is 4.60. The van der Waals surface area contributed by atoms with E-state index in [2.05, 4.69) is 46.5 Å². The van der Waals surface area contributed by atoms with Gasteiger partial charge < -0.3 is 10.6 Å². The fraction of sp³-hybridized carbons (Fsp3) is 0.111. The van der Waals surface area contributed by atoms with Gasteiger partial charge >= 0.3 is 0 Å². The van der Waals surface area contributed by atoms with Crippen LogP contribution >= 0.6 is 23.6 Å². The molecule has 0 amide bonds. The van der Waals surface area contributed by atoms with Crippen molar-refractivity contribution in [1.82, 2.24) is 10.3 Å². The summed E-state index contributed by atoms with van der Waals surface area (Å²) in [6.07, 6.45) is 2.62. The minimum absolute atomic E-state index is 0.601. The molecule has 0 spiro atoms. The Morgan fingerprint density at radius 3 is 2.70 bits per heavy atom. The lowest BCUT2D eigenvalue weighted by Gasteiger charge is -2.09. The van der Waals surface area contributed by atoms with Crippen molar-refractivity contribution in [2.24, 2.45) is 0 Å². The van der Waals surface area contributed by atoms with Gasteiger partial charge in [-0.3, -0.25) is 0 Å². The molecule has 0 aliphatic heterocycles. The van der Waals surface area contributed by atoms with Gasteiger partial charge in [0, 0.05) is 18.7 Å². The third-order valence-electron chi connectivity index (χ3n) is 3.31. The first-order chi connectivity index (χ1) is 11.2. The van der Waals surface area contributed by atoms with Crippen molar-refractivity contribution in [3.05, 3.63) is 71.8 Å². The van der Waals surface area contributed by atoms with Gasteiger partial charge in [0.25, 0.3) is 0 Å². The molecule has 0 bridgehead atoms. The molecule has 1 heterocycles. The fourth-order valence-electron chi connectivity index (χ4n) is 2.22. The number of thiocarbonyl (C=S) groups is 1. The van der Waals surface area contributed by atoms with Gasteiger partial charge in [0.15, 0.2) is 5.11 Å². The molecule has 0 unspecified atom stereocenters. The van der Waals surface area contributed by atoms with E-state index in [0.717, 1.165) is 22.6 Å². The number of aromatic nitrogens is 1. The van der Waals surface area contributed by atoms with Crippen LogP contribution in [0.15, 0.2) is 61.2 Å². The Labute approximate surface area is 145 Å². The number of thiazole rings is 1. The number of nitrogens with one attached hydrogen (secondary N) is 2. The molecule has 3 rings (SSSR count). The van der Waals surface area contributed by atoms with E-state index < -0.39 is 0 Å². The zero-order chi connectivity index (χ0) is 16.1. The van der Waals surface area contributed by atoms with Gasteiger partial charge in [-0.25, -0.2) is 4.98 Å². The lowest BCUT2D eigenvalue weighted by Crippen LogP contribution is -2.28. The number of para-hydroxylation sites is 1. The van der Waals surface area contributed by atoms with Crippen LogP contribution in [0.25, 0.3) is 10.2 Å². The summed E-state index contributed by atoms with van der Waals surface area (Å²) in [6, 6.07) is 16.5. The van der Waals surface area contributed by atoms with Crippen LogP contribution < -0.4 is 10.6 Å². The quantitative estimate of drug-likeness (QED) is 0.535. The van der Waals surface area contributed by atoms with E-state index in [1.165, 1.54) is 10.3 Å². The first kappa shape index (κ1) is 15.6. The van der Waals surface area contributed by atoms with Crippen LogP contribution in [0.3, 0.4) is 0 Å². The Morgan fingerprint density at radius 1 is 1.17 bits per heavy atom. The van der Waals surface area contributed by atoms with E-state index in [1.807, 2.05) is 24.3 Å². The highest BCUT2D eigenvalue weighted by atomic mass is 32.1. The van der Waals surface area contributed by atoms with Gasteiger partial charge in [0.05, 0.1) is 15.2 Å². The summed E-state index contributed by atoms with van der Waals surface area (Å²) >= 11 is 6.95. The zero-order valence-corrected chi connectivity index (χ0v) is 14.2. The van der Waals surface area contributed by atoms with E-state index in [4.69, 9.17) is 12.2 Å². The van der Waals surface area contributed by atoms with Crippen molar-refractivity contribution in [2.45, 2.75) is 6.42 Å². The van der Waals surface area contributed by atoms with Crippen LogP contribution in [0, 0.1) is 0 Å². The molecule has 0 aliphatic rings. The molecule has 5 heteroatoms. The Morgan fingerprint density at radius 2 is 1.96 bits per heavy atom. The SMILES string of the molecule is C=CCNC(=S)Nc1ccc(Cc2nc3ccccc3s2)cc1. The van der Waals surface area contributed by atoms with Crippen molar-refractivity contribution in [1.29, 1.82) is 0 Å². The molecule has 116 valence electrons. The molecule has 0 aliphatic carbocycles. The lowest BCUT2D eigenvalue weighted by molar-refractivity contribution is 1.06. The topological polar surface area (TPSA) is 37.0 Å². The van der Waals surface area contributed by atoms with Gasteiger partial charge in [0.2, 0.25) is 0 Å². The molecular weight excluding hydrogens is 322 g/mol. The monoisotopic (exact) mass is 339 g/mol. The molecule has 0 fully saturated rings. The van der Waals surface area contributed by atoms with Crippen LogP contribution in [-0.4, -0.2) is 16.6 Å². The minimum Gasteiger partial charge on any atom is -0.359 e.